The number of hydrogen-bond acceptors (Lipinski definition) is 6. The molecule has 0 aliphatic heterocycles. The number of hydrogen-bond donors (Lipinski definition) is 1. The fourth-order valence-corrected chi connectivity index (χ4v) is 2.86. The first-order valence-electron chi connectivity index (χ1n) is 8.73. The molecule has 0 radical (unpaired) electrons. The van der Waals surface area contributed by atoms with Crippen LogP contribution in [0.1, 0.15) is 18.1 Å². The van der Waals surface area contributed by atoms with Crippen LogP contribution in [0.2, 0.25) is 0 Å². The number of H-pyrrole nitrogens is 1. The summed E-state index contributed by atoms with van der Waals surface area (Å²) in [6, 6.07) is 9.99. The molecule has 0 amide bonds. The second-order valence-electron chi connectivity index (χ2n) is 6.14. The number of fused-ring (bicyclic) bond motifs is 1. The molecule has 148 valence electrons. The van der Waals surface area contributed by atoms with Crippen molar-refractivity contribution in [2.45, 2.75) is 13.3 Å². The Labute approximate surface area is 165 Å². The van der Waals surface area contributed by atoms with E-state index in [-0.39, 0.29) is 5.75 Å². The smallest absolute Gasteiger partial charge is 0.349 e. The normalized spacial score (nSPS) is 11.0. The van der Waals surface area contributed by atoms with E-state index in [0.29, 0.717) is 34.2 Å². The number of carbonyl (C=O) groups excluding carboxylic acids is 1. The van der Waals surface area contributed by atoms with Crippen molar-refractivity contribution in [1.29, 1.82) is 0 Å². The Morgan fingerprint density at radius 1 is 1.28 bits per heavy atom. The average Bonchev–Trinajstić information content (AvgIpc) is 2.69. The lowest BCUT2D eigenvalue weighted by Crippen LogP contribution is -2.32. The standard InChI is InChI=1S/C21H19N3O5/c1-4-7-15-10-14(11-18(28-3)19(15)29-13(2)25)12-22-24-20(26)16-8-5-6-9-17(16)23-21(24)27/h4-6,8-12H,1,7H2,2-3H3,(H,23,27). The second-order valence-corrected chi connectivity index (χ2v) is 6.14. The summed E-state index contributed by atoms with van der Waals surface area (Å²) in [5, 5.41) is 4.39. The zero-order valence-electron chi connectivity index (χ0n) is 16.0. The van der Waals surface area contributed by atoms with Crippen molar-refractivity contribution in [3.05, 3.63) is 81.0 Å². The van der Waals surface area contributed by atoms with Crippen molar-refractivity contribution in [3.63, 3.8) is 0 Å². The topological polar surface area (TPSA) is 103 Å². The van der Waals surface area contributed by atoms with Crippen LogP contribution in [-0.2, 0) is 11.2 Å². The average molecular weight is 393 g/mol. The van der Waals surface area contributed by atoms with E-state index >= 15 is 0 Å². The van der Waals surface area contributed by atoms with E-state index in [0.717, 1.165) is 4.68 Å². The van der Waals surface area contributed by atoms with Gasteiger partial charge in [0, 0.05) is 12.5 Å². The van der Waals surface area contributed by atoms with Gasteiger partial charge < -0.3 is 14.5 Å². The molecule has 1 aromatic heterocycles. The number of esters is 1. The van der Waals surface area contributed by atoms with Gasteiger partial charge in [0.05, 0.1) is 24.2 Å². The van der Waals surface area contributed by atoms with E-state index in [2.05, 4.69) is 16.7 Å². The maximum Gasteiger partial charge on any atom is 0.349 e. The van der Waals surface area contributed by atoms with Crippen molar-refractivity contribution in [3.8, 4) is 11.5 Å². The molecule has 0 saturated heterocycles. The van der Waals surface area contributed by atoms with Gasteiger partial charge in [-0.1, -0.05) is 18.2 Å². The highest BCUT2D eigenvalue weighted by Crippen LogP contribution is 2.33. The number of para-hydroxylation sites is 1. The molecular formula is C21H19N3O5. The molecule has 0 fully saturated rings. The van der Waals surface area contributed by atoms with Crippen molar-refractivity contribution in [1.82, 2.24) is 9.66 Å². The summed E-state index contributed by atoms with van der Waals surface area (Å²) >= 11 is 0. The van der Waals surface area contributed by atoms with E-state index < -0.39 is 17.2 Å². The van der Waals surface area contributed by atoms with Gasteiger partial charge in [0.15, 0.2) is 11.5 Å². The molecule has 0 atom stereocenters. The van der Waals surface area contributed by atoms with Gasteiger partial charge in [-0.25, -0.2) is 4.79 Å². The van der Waals surface area contributed by atoms with Gasteiger partial charge in [0.25, 0.3) is 5.56 Å². The lowest BCUT2D eigenvalue weighted by Gasteiger charge is -2.13. The number of carbonyl (C=O) groups is 1. The lowest BCUT2D eigenvalue weighted by molar-refractivity contribution is -0.132. The molecule has 8 nitrogen and oxygen atoms in total. The highest BCUT2D eigenvalue weighted by molar-refractivity contribution is 5.83. The van der Waals surface area contributed by atoms with Gasteiger partial charge in [0.1, 0.15) is 0 Å². The van der Waals surface area contributed by atoms with Gasteiger partial charge >= 0.3 is 11.7 Å². The van der Waals surface area contributed by atoms with Crippen LogP contribution in [0.25, 0.3) is 10.9 Å². The Bertz CT molecular complexity index is 1240. The molecule has 29 heavy (non-hydrogen) atoms. The number of aromatic nitrogens is 2. The van der Waals surface area contributed by atoms with Crippen molar-refractivity contribution >= 4 is 23.1 Å². The number of ether oxygens (including phenoxy) is 2. The Hall–Kier alpha value is -3.94. The Morgan fingerprint density at radius 2 is 2.03 bits per heavy atom. The molecular weight excluding hydrogens is 374 g/mol. The van der Waals surface area contributed by atoms with Crippen LogP contribution in [0.4, 0.5) is 0 Å². The molecule has 1 N–H and O–H groups in total. The largest absolute Gasteiger partial charge is 0.493 e. The van der Waals surface area contributed by atoms with Gasteiger partial charge in [-0.15, -0.1) is 11.3 Å². The minimum Gasteiger partial charge on any atom is -0.493 e. The van der Waals surface area contributed by atoms with Crippen LogP contribution in [0, 0.1) is 0 Å². The predicted molar refractivity (Wildman–Crippen MR) is 110 cm³/mol. The Balaban J connectivity index is 2.09. The fourth-order valence-electron chi connectivity index (χ4n) is 2.86. The van der Waals surface area contributed by atoms with Crippen LogP contribution in [0.3, 0.4) is 0 Å². The number of aromatic amines is 1. The van der Waals surface area contributed by atoms with Crippen LogP contribution >= 0.6 is 0 Å². The molecule has 8 heteroatoms. The molecule has 0 bridgehead atoms. The summed E-state index contributed by atoms with van der Waals surface area (Å²) in [4.78, 5) is 38.8. The fraction of sp³-hybridized carbons (Fsp3) is 0.143. The van der Waals surface area contributed by atoms with E-state index in [1.807, 2.05) is 0 Å². The number of methoxy groups -OCH3 is 1. The Morgan fingerprint density at radius 3 is 2.72 bits per heavy atom. The Kier molecular flexibility index (Phi) is 5.73. The first kappa shape index (κ1) is 19.8. The summed E-state index contributed by atoms with van der Waals surface area (Å²) in [5.41, 5.74) is 0.453. The summed E-state index contributed by atoms with van der Waals surface area (Å²) in [5.74, 6) is 0.128. The zero-order chi connectivity index (χ0) is 21.0. The summed E-state index contributed by atoms with van der Waals surface area (Å²) in [6.07, 6.45) is 3.43. The molecule has 0 aliphatic carbocycles. The number of allylic oxidation sites excluding steroid dienone is 1. The first-order chi connectivity index (χ1) is 13.9. The van der Waals surface area contributed by atoms with Crippen LogP contribution in [0.5, 0.6) is 11.5 Å². The monoisotopic (exact) mass is 393 g/mol. The molecule has 0 spiro atoms. The molecule has 1 heterocycles. The predicted octanol–water partition coefficient (Wildman–Crippen LogP) is 2.23. The molecule has 3 aromatic rings. The van der Waals surface area contributed by atoms with E-state index in [9.17, 15) is 14.4 Å². The van der Waals surface area contributed by atoms with E-state index in [1.165, 1.54) is 20.2 Å². The molecule has 0 saturated carbocycles. The number of nitrogens with one attached hydrogen (secondary N) is 1. The van der Waals surface area contributed by atoms with Crippen LogP contribution in [0.15, 0.2) is 63.7 Å². The zero-order valence-corrected chi connectivity index (χ0v) is 16.0. The second kappa shape index (κ2) is 8.39. The number of benzene rings is 2. The van der Waals surface area contributed by atoms with E-state index in [4.69, 9.17) is 9.47 Å². The minimum absolute atomic E-state index is 0.290. The SMILES string of the molecule is C=CCc1cc(C=Nn2c(=O)[nH]c3ccccc3c2=O)cc(OC)c1OC(C)=O. The number of nitrogens with zero attached hydrogens (tertiary/aromatic N) is 2. The van der Waals surface area contributed by atoms with E-state index in [1.54, 1.807) is 42.5 Å². The van der Waals surface area contributed by atoms with Crippen LogP contribution in [-0.4, -0.2) is 29.0 Å². The van der Waals surface area contributed by atoms with Crippen molar-refractivity contribution in [2.24, 2.45) is 5.10 Å². The quantitative estimate of drug-likeness (QED) is 0.299. The van der Waals surface area contributed by atoms with Gasteiger partial charge in [0.2, 0.25) is 0 Å². The molecule has 3 rings (SSSR count). The summed E-state index contributed by atoms with van der Waals surface area (Å²) < 4.78 is 11.3. The summed E-state index contributed by atoms with van der Waals surface area (Å²) in [6.45, 7) is 5.00. The van der Waals surface area contributed by atoms with Crippen molar-refractivity contribution < 1.29 is 14.3 Å². The minimum atomic E-state index is -0.653. The van der Waals surface area contributed by atoms with Gasteiger partial charge in [-0.05, 0) is 36.2 Å². The highest BCUT2D eigenvalue weighted by Gasteiger charge is 2.14. The van der Waals surface area contributed by atoms with Gasteiger partial charge in [-0.3, -0.25) is 9.59 Å². The van der Waals surface area contributed by atoms with Crippen molar-refractivity contribution in [2.75, 3.05) is 7.11 Å². The maximum absolute atomic E-state index is 12.6. The lowest BCUT2D eigenvalue weighted by atomic mass is 10.1. The van der Waals surface area contributed by atoms with Gasteiger partial charge in [-0.2, -0.15) is 5.10 Å². The molecule has 2 aromatic carbocycles. The molecule has 0 aliphatic rings. The third-order valence-corrected chi connectivity index (χ3v) is 4.09. The number of rotatable bonds is 6. The third kappa shape index (κ3) is 4.16. The first-order valence-corrected chi connectivity index (χ1v) is 8.73. The highest BCUT2D eigenvalue weighted by atomic mass is 16.6. The van der Waals surface area contributed by atoms with Crippen LogP contribution < -0.4 is 20.7 Å². The molecule has 0 unspecified atom stereocenters. The third-order valence-electron chi connectivity index (χ3n) is 4.09. The summed E-state index contributed by atoms with van der Waals surface area (Å²) in [7, 11) is 1.44. The maximum atomic E-state index is 12.6.